The van der Waals surface area contributed by atoms with E-state index in [0.717, 1.165) is 5.82 Å². The highest BCUT2D eigenvalue weighted by Gasteiger charge is 2.17. The zero-order chi connectivity index (χ0) is 28.5. The summed E-state index contributed by atoms with van der Waals surface area (Å²) >= 11 is 0. The Hall–Kier alpha value is -4.31. The van der Waals surface area contributed by atoms with Crippen LogP contribution in [0.4, 0.5) is 11.8 Å². The molecule has 1 aromatic carbocycles. The van der Waals surface area contributed by atoms with Gasteiger partial charge in [0.25, 0.3) is 5.91 Å². The summed E-state index contributed by atoms with van der Waals surface area (Å²) in [6.45, 7) is 0.138. The van der Waals surface area contributed by atoms with Crippen LogP contribution >= 0.6 is 0 Å². The first kappa shape index (κ1) is 18.9. The average molecular weight is 490 g/mol. The van der Waals surface area contributed by atoms with Crippen LogP contribution in [-0.4, -0.2) is 59.3 Å². The summed E-state index contributed by atoms with van der Waals surface area (Å²) in [7, 11) is 1.46. The highest BCUT2D eigenvalue weighted by atomic mass is 16.5. The van der Waals surface area contributed by atoms with Gasteiger partial charge in [0.1, 0.15) is 22.8 Å². The lowest BCUT2D eigenvalue weighted by molar-refractivity contribution is 0.0947. The molecule has 0 atom stereocenters. The van der Waals surface area contributed by atoms with Crippen molar-refractivity contribution in [3.63, 3.8) is 0 Å². The molecule has 1 aliphatic rings. The van der Waals surface area contributed by atoms with E-state index in [1.54, 1.807) is 30.3 Å². The molecule has 184 valence electrons. The van der Waals surface area contributed by atoms with Crippen molar-refractivity contribution in [2.24, 2.45) is 0 Å². The first-order valence-electron chi connectivity index (χ1n) is 13.3. The van der Waals surface area contributed by atoms with Gasteiger partial charge in [-0.1, -0.05) is 24.3 Å². The van der Waals surface area contributed by atoms with E-state index in [0.29, 0.717) is 43.0 Å². The number of methoxy groups -OCH3 is 1. The molecular formula is C26H27N7O3. The highest BCUT2D eigenvalue weighted by Crippen LogP contribution is 2.26. The van der Waals surface area contributed by atoms with Gasteiger partial charge in [0.05, 0.1) is 35.3 Å². The number of para-hydroxylation sites is 1. The minimum absolute atomic E-state index is 0.0366. The van der Waals surface area contributed by atoms with E-state index >= 15 is 0 Å². The third-order valence-corrected chi connectivity index (χ3v) is 5.55. The SMILES string of the molecule is [2H]C([2H])(NC(=O)c1nc(N)nc2c(OC)cccc12)c1cccc(C([2H])([2H])c2ccc(N3CCOCC3)nc2)n1. The number of ether oxygens (including phenoxy) is 2. The summed E-state index contributed by atoms with van der Waals surface area (Å²) in [5.74, 6) is 0.0755. The number of nitrogens with one attached hydrogen (secondary N) is 1. The molecule has 10 heteroatoms. The van der Waals surface area contributed by atoms with Crippen molar-refractivity contribution in [1.29, 1.82) is 0 Å². The zero-order valence-electron chi connectivity index (χ0n) is 23.6. The number of anilines is 2. The van der Waals surface area contributed by atoms with Crippen molar-refractivity contribution in [1.82, 2.24) is 25.3 Å². The number of morpholine rings is 1. The number of carbonyl (C=O) groups excluding carboxylic acids is 1. The second-order valence-electron chi connectivity index (χ2n) is 7.90. The molecule has 3 aromatic heterocycles. The van der Waals surface area contributed by atoms with Gasteiger partial charge in [-0.3, -0.25) is 9.78 Å². The molecule has 36 heavy (non-hydrogen) atoms. The lowest BCUT2D eigenvalue weighted by Gasteiger charge is -2.27. The Labute approximate surface area is 214 Å². The van der Waals surface area contributed by atoms with Crippen LogP contribution in [0.1, 0.15) is 32.9 Å². The van der Waals surface area contributed by atoms with Crippen molar-refractivity contribution in [2.75, 3.05) is 44.0 Å². The number of nitrogens with two attached hydrogens (primary N) is 1. The zero-order valence-corrected chi connectivity index (χ0v) is 19.6. The van der Waals surface area contributed by atoms with Crippen LogP contribution in [0.25, 0.3) is 10.9 Å². The number of hydrogen-bond donors (Lipinski definition) is 2. The van der Waals surface area contributed by atoms with Crippen LogP contribution < -0.4 is 20.7 Å². The molecule has 1 amide bonds. The summed E-state index contributed by atoms with van der Waals surface area (Å²) in [4.78, 5) is 32.1. The fourth-order valence-electron chi connectivity index (χ4n) is 3.82. The average Bonchev–Trinajstić information content (AvgIpc) is 2.96. The molecule has 0 saturated carbocycles. The van der Waals surface area contributed by atoms with E-state index in [2.05, 4.69) is 30.2 Å². The fraction of sp³-hybridized carbons (Fsp3) is 0.269. The monoisotopic (exact) mass is 489 g/mol. The summed E-state index contributed by atoms with van der Waals surface area (Å²) in [5.41, 5.74) is 6.02. The van der Waals surface area contributed by atoms with E-state index < -0.39 is 18.8 Å². The molecule has 0 radical (unpaired) electrons. The molecule has 1 saturated heterocycles. The molecule has 0 aliphatic carbocycles. The summed E-state index contributed by atoms with van der Waals surface area (Å²) in [6, 6.07) is 12.6. The lowest BCUT2D eigenvalue weighted by Crippen LogP contribution is -2.36. The van der Waals surface area contributed by atoms with Crippen molar-refractivity contribution in [2.45, 2.75) is 12.9 Å². The standard InChI is InChI=1S/C26H27N7O3/c1-35-21-7-3-6-20-23(21)31-26(27)32-24(20)25(34)29-16-19-5-2-4-18(30-19)14-17-8-9-22(28-15-17)33-10-12-36-13-11-33/h2-9,15H,10-14,16H2,1H3,(H,29,34)(H2,27,31,32)/i14D2,16D2. The van der Waals surface area contributed by atoms with Gasteiger partial charge in [0.2, 0.25) is 5.95 Å². The Balaban J connectivity index is 1.40. The summed E-state index contributed by atoms with van der Waals surface area (Å²) < 4.78 is 45.2. The minimum atomic E-state index is -2.48. The van der Waals surface area contributed by atoms with Gasteiger partial charge < -0.3 is 25.4 Å². The van der Waals surface area contributed by atoms with Gasteiger partial charge in [-0.2, -0.15) is 0 Å². The smallest absolute Gasteiger partial charge is 0.271 e. The molecule has 0 unspecified atom stereocenters. The topological polar surface area (TPSA) is 128 Å². The molecule has 0 spiro atoms. The number of nitrogen functional groups attached to an aromatic ring is 1. The van der Waals surface area contributed by atoms with E-state index in [-0.39, 0.29) is 28.6 Å². The third kappa shape index (κ3) is 5.18. The van der Waals surface area contributed by atoms with E-state index in [9.17, 15) is 4.79 Å². The molecule has 10 nitrogen and oxygen atoms in total. The fourth-order valence-corrected chi connectivity index (χ4v) is 3.82. The summed E-state index contributed by atoms with van der Waals surface area (Å²) in [5, 5.41) is 2.63. The largest absolute Gasteiger partial charge is 0.494 e. The molecule has 0 bridgehead atoms. The first-order chi connectivity index (χ1) is 19.1. The molecule has 1 aliphatic heterocycles. The van der Waals surface area contributed by atoms with Crippen LogP contribution in [0.5, 0.6) is 5.75 Å². The highest BCUT2D eigenvalue weighted by molar-refractivity contribution is 6.05. The Morgan fingerprint density at radius 2 is 1.92 bits per heavy atom. The summed E-state index contributed by atoms with van der Waals surface area (Å²) in [6.07, 6.45) is -0.630. The van der Waals surface area contributed by atoms with Gasteiger partial charge in [-0.15, -0.1) is 0 Å². The van der Waals surface area contributed by atoms with Crippen LogP contribution in [0.3, 0.4) is 0 Å². The van der Waals surface area contributed by atoms with Crippen molar-refractivity contribution >= 4 is 28.6 Å². The van der Waals surface area contributed by atoms with Crippen molar-refractivity contribution in [3.05, 3.63) is 77.4 Å². The maximum absolute atomic E-state index is 13.2. The number of rotatable bonds is 7. The minimum Gasteiger partial charge on any atom is -0.494 e. The number of hydrogen-bond acceptors (Lipinski definition) is 9. The first-order valence-corrected chi connectivity index (χ1v) is 11.3. The Morgan fingerprint density at radius 3 is 2.69 bits per heavy atom. The van der Waals surface area contributed by atoms with Crippen molar-refractivity contribution < 1.29 is 19.8 Å². The molecule has 4 heterocycles. The number of aromatic nitrogens is 4. The second-order valence-corrected chi connectivity index (χ2v) is 7.90. The lowest BCUT2D eigenvalue weighted by atomic mass is 10.1. The molecular weight excluding hydrogens is 458 g/mol. The van der Waals surface area contributed by atoms with Gasteiger partial charge in [0.15, 0.2) is 0 Å². The van der Waals surface area contributed by atoms with E-state index in [4.69, 9.17) is 20.7 Å². The number of pyridine rings is 2. The van der Waals surface area contributed by atoms with Crippen LogP contribution in [0, 0.1) is 0 Å². The second kappa shape index (κ2) is 10.5. The van der Waals surface area contributed by atoms with Crippen molar-refractivity contribution in [3.8, 4) is 5.75 Å². The van der Waals surface area contributed by atoms with E-state index in [1.165, 1.54) is 31.5 Å². The van der Waals surface area contributed by atoms with E-state index in [1.807, 2.05) is 0 Å². The Kier molecular flexibility index (Phi) is 5.54. The van der Waals surface area contributed by atoms with Crippen LogP contribution in [0.15, 0.2) is 54.7 Å². The van der Waals surface area contributed by atoms with Gasteiger partial charge >= 0.3 is 0 Å². The molecule has 4 aromatic rings. The number of amides is 1. The Morgan fingerprint density at radius 1 is 1.11 bits per heavy atom. The Bertz CT molecular complexity index is 1550. The van der Waals surface area contributed by atoms with Gasteiger partial charge in [-0.25, -0.2) is 15.0 Å². The quantitative estimate of drug-likeness (QED) is 0.402. The predicted molar refractivity (Wildman–Crippen MR) is 136 cm³/mol. The maximum Gasteiger partial charge on any atom is 0.271 e. The third-order valence-electron chi connectivity index (χ3n) is 5.55. The number of carbonyl (C=O) groups is 1. The predicted octanol–water partition coefficient (Wildman–Crippen LogP) is 2.37. The molecule has 3 N–H and O–H groups in total. The maximum atomic E-state index is 13.2. The number of nitrogens with zero attached hydrogens (tertiary/aromatic N) is 5. The molecule has 5 rings (SSSR count). The number of fused-ring (bicyclic) bond motifs is 1. The molecule has 1 fully saturated rings. The van der Waals surface area contributed by atoms with Gasteiger partial charge in [-0.05, 0) is 29.8 Å². The normalized spacial score (nSPS) is 16.0. The van der Waals surface area contributed by atoms with Crippen LogP contribution in [0.2, 0.25) is 0 Å². The van der Waals surface area contributed by atoms with Crippen LogP contribution in [-0.2, 0) is 17.6 Å². The van der Waals surface area contributed by atoms with Gasteiger partial charge in [0, 0.05) is 39.5 Å². The number of benzene rings is 1.